The molecule has 0 saturated heterocycles. The zero-order valence-corrected chi connectivity index (χ0v) is 18.0. The highest BCUT2D eigenvalue weighted by Gasteiger charge is 2.15. The second-order valence-electron chi connectivity index (χ2n) is 7.66. The maximum Gasteiger partial charge on any atom is 0.261 e. The van der Waals surface area contributed by atoms with Gasteiger partial charge in [-0.15, -0.1) is 0 Å². The minimum Gasteiger partial charge on any atom is -0.481 e. The standard InChI is InChI=1S/C24H28N4O3/c1-17(2)20-8-5-10-22(14-20)31-18(3)24(30)25-15-19-7-4-9-21(13-19)27-23(29)16-28-12-6-11-26-28/h4-14,17-18H,15-16H2,1-3H3,(H,25,30)(H,27,29). The first-order valence-corrected chi connectivity index (χ1v) is 10.3. The maximum atomic E-state index is 12.5. The van der Waals surface area contributed by atoms with Crippen molar-refractivity contribution < 1.29 is 14.3 Å². The van der Waals surface area contributed by atoms with Crippen molar-refractivity contribution in [2.75, 3.05) is 5.32 Å². The minimum atomic E-state index is -0.626. The Kier molecular flexibility index (Phi) is 7.43. The Balaban J connectivity index is 1.51. The summed E-state index contributed by atoms with van der Waals surface area (Å²) in [7, 11) is 0. The molecule has 2 aromatic carbocycles. The highest BCUT2D eigenvalue weighted by atomic mass is 16.5. The molecule has 1 heterocycles. The predicted molar refractivity (Wildman–Crippen MR) is 120 cm³/mol. The molecule has 2 N–H and O–H groups in total. The average molecular weight is 421 g/mol. The summed E-state index contributed by atoms with van der Waals surface area (Å²) in [5, 5.41) is 9.74. The number of nitrogens with one attached hydrogen (secondary N) is 2. The Labute approximate surface area is 182 Å². The first kappa shape index (κ1) is 22.1. The van der Waals surface area contributed by atoms with Gasteiger partial charge >= 0.3 is 0 Å². The quantitative estimate of drug-likeness (QED) is 0.552. The van der Waals surface area contributed by atoms with E-state index in [0.717, 1.165) is 11.1 Å². The Bertz CT molecular complexity index is 1020. The number of benzene rings is 2. The molecule has 31 heavy (non-hydrogen) atoms. The summed E-state index contributed by atoms with van der Waals surface area (Å²) in [6.45, 7) is 6.43. The summed E-state index contributed by atoms with van der Waals surface area (Å²) in [6.07, 6.45) is 2.73. The second-order valence-corrected chi connectivity index (χ2v) is 7.66. The Morgan fingerprint density at radius 2 is 1.87 bits per heavy atom. The van der Waals surface area contributed by atoms with Crippen LogP contribution in [0.15, 0.2) is 67.0 Å². The number of carbonyl (C=O) groups is 2. The van der Waals surface area contributed by atoms with Gasteiger partial charge in [0.2, 0.25) is 5.91 Å². The zero-order valence-electron chi connectivity index (χ0n) is 18.0. The van der Waals surface area contributed by atoms with Crippen LogP contribution in [0.2, 0.25) is 0 Å². The van der Waals surface area contributed by atoms with Gasteiger partial charge in [0.15, 0.2) is 6.10 Å². The highest BCUT2D eigenvalue weighted by molar-refractivity contribution is 5.90. The van der Waals surface area contributed by atoms with E-state index >= 15 is 0 Å². The summed E-state index contributed by atoms with van der Waals surface area (Å²) in [5.74, 6) is 0.689. The fraction of sp³-hybridized carbons (Fsp3) is 0.292. The van der Waals surface area contributed by atoms with Crippen molar-refractivity contribution in [3.63, 3.8) is 0 Å². The smallest absolute Gasteiger partial charge is 0.261 e. The van der Waals surface area contributed by atoms with Crippen molar-refractivity contribution >= 4 is 17.5 Å². The fourth-order valence-corrected chi connectivity index (χ4v) is 3.04. The summed E-state index contributed by atoms with van der Waals surface area (Å²) >= 11 is 0. The van der Waals surface area contributed by atoms with Crippen molar-refractivity contribution in [3.8, 4) is 5.75 Å². The number of carbonyl (C=O) groups excluding carboxylic acids is 2. The third-order valence-corrected chi connectivity index (χ3v) is 4.75. The van der Waals surface area contributed by atoms with E-state index in [2.05, 4.69) is 29.6 Å². The maximum absolute atomic E-state index is 12.5. The molecular formula is C24H28N4O3. The van der Waals surface area contributed by atoms with Gasteiger partial charge in [-0.1, -0.05) is 38.1 Å². The number of hydrogen-bond acceptors (Lipinski definition) is 4. The van der Waals surface area contributed by atoms with Gasteiger partial charge in [0, 0.05) is 24.6 Å². The number of rotatable bonds is 9. The molecule has 2 amide bonds. The van der Waals surface area contributed by atoms with Gasteiger partial charge in [-0.3, -0.25) is 14.3 Å². The largest absolute Gasteiger partial charge is 0.481 e. The van der Waals surface area contributed by atoms with Crippen LogP contribution in [0, 0.1) is 0 Å². The van der Waals surface area contributed by atoms with Gasteiger partial charge in [0.25, 0.3) is 5.91 Å². The lowest BCUT2D eigenvalue weighted by atomic mass is 10.0. The molecule has 0 aliphatic rings. The number of anilines is 1. The molecule has 3 rings (SSSR count). The molecule has 0 fully saturated rings. The molecule has 1 aromatic heterocycles. The van der Waals surface area contributed by atoms with Crippen LogP contribution in [0.1, 0.15) is 37.8 Å². The van der Waals surface area contributed by atoms with Gasteiger partial charge in [-0.05, 0) is 54.3 Å². The van der Waals surface area contributed by atoms with E-state index in [1.165, 1.54) is 0 Å². The summed E-state index contributed by atoms with van der Waals surface area (Å²) in [4.78, 5) is 24.6. The first-order valence-electron chi connectivity index (χ1n) is 10.3. The number of nitrogens with zero attached hydrogens (tertiary/aromatic N) is 2. The molecular weight excluding hydrogens is 392 g/mol. The van der Waals surface area contributed by atoms with E-state index in [1.807, 2.05) is 42.5 Å². The Morgan fingerprint density at radius 1 is 1.06 bits per heavy atom. The lowest BCUT2D eigenvalue weighted by Crippen LogP contribution is -2.35. The van der Waals surface area contributed by atoms with Crippen LogP contribution in [0.4, 0.5) is 5.69 Å². The van der Waals surface area contributed by atoms with E-state index in [9.17, 15) is 9.59 Å². The molecule has 0 aliphatic heterocycles. The number of hydrogen-bond donors (Lipinski definition) is 2. The molecule has 0 aliphatic carbocycles. The molecule has 0 spiro atoms. The minimum absolute atomic E-state index is 0.140. The van der Waals surface area contributed by atoms with E-state index < -0.39 is 6.10 Å². The summed E-state index contributed by atoms with van der Waals surface area (Å²) < 4.78 is 7.36. The SMILES string of the molecule is CC(Oc1cccc(C(C)C)c1)C(=O)NCc1cccc(NC(=O)Cn2cccn2)c1. The van der Waals surface area contributed by atoms with Crippen LogP contribution in [0.3, 0.4) is 0 Å². The van der Waals surface area contributed by atoms with Crippen LogP contribution < -0.4 is 15.4 Å². The Morgan fingerprint density at radius 3 is 2.61 bits per heavy atom. The van der Waals surface area contributed by atoms with Gasteiger partial charge in [-0.25, -0.2) is 0 Å². The normalized spacial score (nSPS) is 11.7. The fourth-order valence-electron chi connectivity index (χ4n) is 3.04. The summed E-state index contributed by atoms with van der Waals surface area (Å²) in [5.41, 5.74) is 2.70. The molecule has 1 atom stereocenters. The molecule has 0 radical (unpaired) electrons. The third kappa shape index (κ3) is 6.70. The zero-order chi connectivity index (χ0) is 22.2. The third-order valence-electron chi connectivity index (χ3n) is 4.75. The lowest BCUT2D eigenvalue weighted by molar-refractivity contribution is -0.127. The lowest BCUT2D eigenvalue weighted by Gasteiger charge is -2.16. The van der Waals surface area contributed by atoms with Crippen LogP contribution in [0.25, 0.3) is 0 Å². The molecule has 1 unspecified atom stereocenters. The van der Waals surface area contributed by atoms with Crippen molar-refractivity contribution in [1.29, 1.82) is 0 Å². The molecule has 0 saturated carbocycles. The van der Waals surface area contributed by atoms with Crippen LogP contribution >= 0.6 is 0 Å². The van der Waals surface area contributed by atoms with Gasteiger partial charge in [0.1, 0.15) is 12.3 Å². The van der Waals surface area contributed by atoms with Crippen molar-refractivity contribution in [3.05, 3.63) is 78.1 Å². The van der Waals surface area contributed by atoms with Crippen molar-refractivity contribution in [1.82, 2.24) is 15.1 Å². The number of ether oxygens (including phenoxy) is 1. The van der Waals surface area contributed by atoms with Crippen LogP contribution in [-0.4, -0.2) is 27.7 Å². The van der Waals surface area contributed by atoms with Crippen LogP contribution in [-0.2, 0) is 22.7 Å². The van der Waals surface area contributed by atoms with Gasteiger partial charge in [-0.2, -0.15) is 5.10 Å². The topological polar surface area (TPSA) is 85.3 Å². The predicted octanol–water partition coefficient (Wildman–Crippen LogP) is 3.73. The van der Waals surface area contributed by atoms with Gasteiger partial charge < -0.3 is 15.4 Å². The first-order chi connectivity index (χ1) is 14.9. The van der Waals surface area contributed by atoms with Crippen molar-refractivity contribution in [2.24, 2.45) is 0 Å². The number of amides is 2. The summed E-state index contributed by atoms with van der Waals surface area (Å²) in [6, 6.07) is 16.9. The second kappa shape index (κ2) is 10.4. The Hall–Kier alpha value is -3.61. The van der Waals surface area contributed by atoms with Crippen molar-refractivity contribution in [2.45, 2.75) is 45.9 Å². The number of aromatic nitrogens is 2. The van der Waals surface area contributed by atoms with E-state index in [0.29, 0.717) is 23.9 Å². The van der Waals surface area contributed by atoms with E-state index in [1.54, 1.807) is 36.1 Å². The molecule has 3 aromatic rings. The van der Waals surface area contributed by atoms with Crippen LogP contribution in [0.5, 0.6) is 5.75 Å². The average Bonchev–Trinajstić information content (AvgIpc) is 3.25. The highest BCUT2D eigenvalue weighted by Crippen LogP contribution is 2.21. The van der Waals surface area contributed by atoms with E-state index in [4.69, 9.17) is 4.74 Å². The van der Waals surface area contributed by atoms with Gasteiger partial charge in [0.05, 0.1) is 0 Å². The van der Waals surface area contributed by atoms with E-state index in [-0.39, 0.29) is 18.4 Å². The molecule has 0 bridgehead atoms. The monoisotopic (exact) mass is 420 g/mol. The molecule has 7 heteroatoms. The molecule has 162 valence electrons. The molecule has 7 nitrogen and oxygen atoms in total.